The summed E-state index contributed by atoms with van der Waals surface area (Å²) in [5.74, 6) is 1.09. The van der Waals surface area contributed by atoms with Crippen molar-refractivity contribution >= 4 is 24.8 Å². The van der Waals surface area contributed by atoms with Crippen molar-refractivity contribution in [3.8, 4) is 0 Å². The van der Waals surface area contributed by atoms with Crippen LogP contribution in [-0.4, -0.2) is 25.2 Å². The van der Waals surface area contributed by atoms with E-state index >= 15 is 0 Å². The van der Waals surface area contributed by atoms with E-state index in [2.05, 4.69) is 37.4 Å². The van der Waals surface area contributed by atoms with Gasteiger partial charge >= 0.3 is 0 Å². The summed E-state index contributed by atoms with van der Waals surface area (Å²) < 4.78 is 5.07. The van der Waals surface area contributed by atoms with E-state index in [1.807, 2.05) is 24.3 Å². The third-order valence-corrected chi connectivity index (χ3v) is 3.25. The van der Waals surface area contributed by atoms with Crippen LogP contribution in [0.5, 0.6) is 0 Å². The van der Waals surface area contributed by atoms with Gasteiger partial charge in [0.1, 0.15) is 0 Å². The highest BCUT2D eigenvalue weighted by molar-refractivity contribution is 5.85. The van der Waals surface area contributed by atoms with Crippen LogP contribution in [0.2, 0.25) is 0 Å². The van der Waals surface area contributed by atoms with E-state index in [0.29, 0.717) is 18.3 Å². The maximum absolute atomic E-state index is 5.50. The quantitative estimate of drug-likeness (QED) is 0.662. The third kappa shape index (κ3) is 5.61. The standard InChI is InChI=1S/C15H18N6O.2ClH/c16-8-15-18-14(20-22-15)11-21(10-13-6-7-17-19-13)9-12-4-2-1-3-5-12;;/h1-7H,8-11,16H2,(H,17,19);2*1H. The second kappa shape index (κ2) is 10.0. The summed E-state index contributed by atoms with van der Waals surface area (Å²) in [6.45, 7) is 2.34. The van der Waals surface area contributed by atoms with E-state index in [1.165, 1.54) is 5.56 Å². The summed E-state index contributed by atoms with van der Waals surface area (Å²) in [5, 5.41) is 10.9. The van der Waals surface area contributed by atoms with Gasteiger partial charge in [0.25, 0.3) is 0 Å². The molecule has 3 rings (SSSR count). The van der Waals surface area contributed by atoms with Gasteiger partial charge in [0.15, 0.2) is 5.82 Å². The lowest BCUT2D eigenvalue weighted by molar-refractivity contribution is 0.234. The number of nitrogens with two attached hydrogens (primary N) is 1. The lowest BCUT2D eigenvalue weighted by Gasteiger charge is -2.19. The topological polar surface area (TPSA) is 96.9 Å². The Bertz CT molecular complexity index is 689. The first-order valence-corrected chi connectivity index (χ1v) is 7.09. The van der Waals surface area contributed by atoms with E-state index in [0.717, 1.165) is 18.8 Å². The first-order valence-electron chi connectivity index (χ1n) is 7.09. The minimum absolute atomic E-state index is 0. The molecule has 0 unspecified atom stereocenters. The molecule has 0 bridgehead atoms. The fourth-order valence-electron chi connectivity index (χ4n) is 2.26. The summed E-state index contributed by atoms with van der Waals surface area (Å²) in [6, 6.07) is 12.2. The number of rotatable bonds is 7. The normalized spacial score (nSPS) is 10.2. The zero-order valence-electron chi connectivity index (χ0n) is 13.0. The molecule has 0 aliphatic rings. The number of aromatic amines is 1. The Hall–Kier alpha value is -1.93. The Morgan fingerprint density at radius 3 is 2.46 bits per heavy atom. The smallest absolute Gasteiger partial charge is 0.240 e. The molecule has 2 aromatic heterocycles. The molecule has 9 heteroatoms. The number of aromatic nitrogens is 4. The Morgan fingerprint density at radius 1 is 1.04 bits per heavy atom. The molecule has 0 aliphatic carbocycles. The van der Waals surface area contributed by atoms with E-state index in [1.54, 1.807) is 6.20 Å². The van der Waals surface area contributed by atoms with Crippen LogP contribution in [0.25, 0.3) is 0 Å². The zero-order valence-corrected chi connectivity index (χ0v) is 14.6. The fraction of sp³-hybridized carbons (Fsp3) is 0.267. The van der Waals surface area contributed by atoms with Gasteiger partial charge in [-0.3, -0.25) is 10.00 Å². The van der Waals surface area contributed by atoms with Crippen molar-refractivity contribution in [3.63, 3.8) is 0 Å². The fourth-order valence-corrected chi connectivity index (χ4v) is 2.26. The van der Waals surface area contributed by atoms with Gasteiger partial charge in [-0.05, 0) is 11.6 Å². The van der Waals surface area contributed by atoms with Crippen molar-refractivity contribution in [2.45, 2.75) is 26.2 Å². The highest BCUT2D eigenvalue weighted by Gasteiger charge is 2.13. The Morgan fingerprint density at radius 2 is 1.83 bits per heavy atom. The van der Waals surface area contributed by atoms with Crippen LogP contribution < -0.4 is 5.73 Å². The molecule has 130 valence electrons. The van der Waals surface area contributed by atoms with Crippen LogP contribution in [0, 0.1) is 0 Å². The van der Waals surface area contributed by atoms with Gasteiger partial charge in [-0.1, -0.05) is 35.5 Å². The Balaban J connectivity index is 0.00000144. The van der Waals surface area contributed by atoms with E-state index in [9.17, 15) is 0 Å². The predicted octanol–water partition coefficient (Wildman–Crippen LogP) is 2.30. The van der Waals surface area contributed by atoms with Crippen LogP contribution in [0.15, 0.2) is 47.1 Å². The number of hydrogen-bond donors (Lipinski definition) is 2. The van der Waals surface area contributed by atoms with Gasteiger partial charge in [-0.25, -0.2) is 0 Å². The van der Waals surface area contributed by atoms with Crippen molar-refractivity contribution in [1.29, 1.82) is 0 Å². The molecule has 0 amide bonds. The molecule has 0 spiro atoms. The molecular formula is C15H20Cl2N6O. The van der Waals surface area contributed by atoms with Gasteiger partial charge in [0, 0.05) is 25.0 Å². The summed E-state index contributed by atoms with van der Waals surface area (Å²) in [7, 11) is 0. The molecule has 3 N–H and O–H groups in total. The lowest BCUT2D eigenvalue weighted by atomic mass is 10.2. The van der Waals surface area contributed by atoms with Gasteiger partial charge in [0.2, 0.25) is 5.89 Å². The zero-order chi connectivity index (χ0) is 15.2. The van der Waals surface area contributed by atoms with Gasteiger partial charge in [-0.15, -0.1) is 24.8 Å². The Kier molecular flexibility index (Phi) is 8.42. The number of hydrogen-bond acceptors (Lipinski definition) is 6. The molecule has 0 saturated carbocycles. The maximum atomic E-state index is 5.50. The van der Waals surface area contributed by atoms with Gasteiger partial charge < -0.3 is 10.3 Å². The molecular weight excluding hydrogens is 351 g/mol. The van der Waals surface area contributed by atoms with Gasteiger partial charge in [-0.2, -0.15) is 10.1 Å². The molecule has 24 heavy (non-hydrogen) atoms. The highest BCUT2D eigenvalue weighted by Crippen LogP contribution is 2.11. The van der Waals surface area contributed by atoms with Crippen molar-refractivity contribution < 1.29 is 4.52 Å². The molecule has 0 aliphatic heterocycles. The summed E-state index contributed by atoms with van der Waals surface area (Å²) in [5.41, 5.74) is 7.77. The first-order chi connectivity index (χ1) is 10.8. The van der Waals surface area contributed by atoms with Crippen molar-refractivity contribution in [2.24, 2.45) is 5.73 Å². The molecule has 2 heterocycles. The number of nitrogens with zero attached hydrogens (tertiary/aromatic N) is 4. The number of H-pyrrole nitrogens is 1. The lowest BCUT2D eigenvalue weighted by Crippen LogP contribution is -2.23. The molecule has 0 saturated heterocycles. The number of nitrogens with one attached hydrogen (secondary N) is 1. The summed E-state index contributed by atoms with van der Waals surface area (Å²) in [6.07, 6.45) is 1.75. The maximum Gasteiger partial charge on any atom is 0.240 e. The van der Waals surface area contributed by atoms with Crippen LogP contribution in [0.3, 0.4) is 0 Å². The van der Waals surface area contributed by atoms with Crippen molar-refractivity contribution in [3.05, 3.63) is 65.6 Å². The highest BCUT2D eigenvalue weighted by atomic mass is 35.5. The number of benzene rings is 1. The molecule has 0 fully saturated rings. The summed E-state index contributed by atoms with van der Waals surface area (Å²) in [4.78, 5) is 6.49. The van der Waals surface area contributed by atoms with Crippen LogP contribution >= 0.6 is 24.8 Å². The number of halogens is 2. The predicted molar refractivity (Wildman–Crippen MR) is 94.7 cm³/mol. The third-order valence-electron chi connectivity index (χ3n) is 3.25. The first kappa shape index (κ1) is 20.1. The van der Waals surface area contributed by atoms with Crippen LogP contribution in [0.1, 0.15) is 23.0 Å². The largest absolute Gasteiger partial charge is 0.338 e. The second-order valence-corrected chi connectivity index (χ2v) is 5.02. The average Bonchev–Trinajstić information content (AvgIpc) is 3.20. The second-order valence-electron chi connectivity index (χ2n) is 5.02. The molecule has 0 radical (unpaired) electrons. The van der Waals surface area contributed by atoms with Crippen LogP contribution in [0.4, 0.5) is 0 Å². The summed E-state index contributed by atoms with van der Waals surface area (Å²) >= 11 is 0. The monoisotopic (exact) mass is 370 g/mol. The van der Waals surface area contributed by atoms with E-state index < -0.39 is 0 Å². The SMILES string of the molecule is Cl.Cl.NCc1nc(CN(Cc2ccccc2)Cc2ccn[nH]2)no1. The van der Waals surface area contributed by atoms with E-state index in [-0.39, 0.29) is 31.4 Å². The minimum atomic E-state index is 0. The Labute approximate surface area is 152 Å². The molecule has 1 aromatic carbocycles. The minimum Gasteiger partial charge on any atom is -0.338 e. The van der Waals surface area contributed by atoms with E-state index in [4.69, 9.17) is 10.3 Å². The van der Waals surface area contributed by atoms with Crippen LogP contribution in [-0.2, 0) is 26.2 Å². The van der Waals surface area contributed by atoms with Gasteiger partial charge in [0.05, 0.1) is 13.1 Å². The molecule has 7 nitrogen and oxygen atoms in total. The van der Waals surface area contributed by atoms with Crippen molar-refractivity contribution in [1.82, 2.24) is 25.2 Å². The average molecular weight is 371 g/mol. The molecule has 3 aromatic rings. The van der Waals surface area contributed by atoms with Crippen molar-refractivity contribution in [2.75, 3.05) is 0 Å². The molecule has 0 atom stereocenters.